The third-order valence-corrected chi connectivity index (χ3v) is 4.87. The summed E-state index contributed by atoms with van der Waals surface area (Å²) in [4.78, 5) is 14.3. The molecule has 0 aliphatic carbocycles. The normalized spacial score (nSPS) is 17.8. The smallest absolute Gasteiger partial charge is 0.325 e. The third-order valence-electron chi connectivity index (χ3n) is 3.99. The maximum absolute atomic E-state index is 12.0. The van der Waals surface area contributed by atoms with Crippen molar-refractivity contribution >= 4 is 33.3 Å². The Morgan fingerprint density at radius 2 is 2.00 bits per heavy atom. The lowest BCUT2D eigenvalue weighted by Crippen LogP contribution is -2.37. The number of hydrogen-bond acceptors (Lipinski definition) is 5. The van der Waals surface area contributed by atoms with E-state index in [0.717, 1.165) is 22.9 Å². The van der Waals surface area contributed by atoms with Gasteiger partial charge in [-0.05, 0) is 45.2 Å². The lowest BCUT2D eigenvalue weighted by molar-refractivity contribution is 0.262. The molecule has 1 saturated heterocycles. The van der Waals surface area contributed by atoms with Gasteiger partial charge in [0.1, 0.15) is 0 Å². The first-order chi connectivity index (χ1) is 11.1. The van der Waals surface area contributed by atoms with Gasteiger partial charge in [0.25, 0.3) is 0 Å². The number of nitrogens with one attached hydrogen (secondary N) is 2. The van der Waals surface area contributed by atoms with Crippen LogP contribution in [0.25, 0.3) is 0 Å². The molecular weight excluding hydrogens is 310 g/mol. The van der Waals surface area contributed by atoms with Crippen LogP contribution in [0.3, 0.4) is 0 Å². The van der Waals surface area contributed by atoms with E-state index in [1.165, 1.54) is 30.6 Å². The van der Waals surface area contributed by atoms with Crippen molar-refractivity contribution in [3.8, 4) is 0 Å². The summed E-state index contributed by atoms with van der Waals surface area (Å²) < 4.78 is 0. The minimum Gasteiger partial charge on any atom is -0.344 e. The summed E-state index contributed by atoms with van der Waals surface area (Å²) in [5.41, 5.74) is 1.91. The highest BCUT2D eigenvalue weighted by molar-refractivity contribution is 7.19. The summed E-state index contributed by atoms with van der Waals surface area (Å²) in [6, 6.07) is 7.83. The highest BCUT2D eigenvalue weighted by Crippen LogP contribution is 2.29. The zero-order valence-electron chi connectivity index (χ0n) is 13.4. The summed E-state index contributed by atoms with van der Waals surface area (Å²) in [6.07, 6.45) is 3.62. The molecule has 0 radical (unpaired) electrons. The van der Waals surface area contributed by atoms with Crippen LogP contribution in [0, 0.1) is 6.92 Å². The minimum atomic E-state index is -0.303. The molecule has 1 aliphatic rings. The van der Waals surface area contributed by atoms with E-state index in [9.17, 15) is 4.79 Å². The second-order valence-electron chi connectivity index (χ2n) is 5.87. The van der Waals surface area contributed by atoms with Crippen LogP contribution in [0.1, 0.15) is 31.7 Å². The molecule has 0 spiro atoms. The Hall–Kier alpha value is -2.15. The molecule has 122 valence electrons. The zero-order valence-corrected chi connectivity index (χ0v) is 14.2. The fraction of sp³-hybridized carbons (Fsp3) is 0.438. The Morgan fingerprint density at radius 1 is 1.22 bits per heavy atom. The molecule has 1 fully saturated rings. The molecule has 0 unspecified atom stereocenters. The Kier molecular flexibility index (Phi) is 4.76. The van der Waals surface area contributed by atoms with Gasteiger partial charge < -0.3 is 10.2 Å². The van der Waals surface area contributed by atoms with Gasteiger partial charge in [-0.1, -0.05) is 29.0 Å². The highest BCUT2D eigenvalue weighted by atomic mass is 32.1. The maximum Gasteiger partial charge on any atom is 0.325 e. The van der Waals surface area contributed by atoms with Crippen molar-refractivity contribution in [1.29, 1.82) is 0 Å². The second-order valence-corrected chi connectivity index (χ2v) is 6.83. The molecule has 2 heterocycles. The Bertz CT molecular complexity index is 669. The maximum atomic E-state index is 12.0. The van der Waals surface area contributed by atoms with Crippen LogP contribution in [0.2, 0.25) is 0 Å². The van der Waals surface area contributed by atoms with Crippen molar-refractivity contribution in [2.75, 3.05) is 22.1 Å². The van der Waals surface area contributed by atoms with Crippen LogP contribution < -0.4 is 15.5 Å². The van der Waals surface area contributed by atoms with E-state index in [1.807, 2.05) is 31.2 Å². The van der Waals surface area contributed by atoms with Gasteiger partial charge in [0.2, 0.25) is 10.3 Å². The molecule has 23 heavy (non-hydrogen) atoms. The molecule has 2 aromatic rings. The number of aryl methyl sites for hydroxylation is 1. The van der Waals surface area contributed by atoms with Crippen molar-refractivity contribution in [3.63, 3.8) is 0 Å². The molecule has 1 aromatic carbocycles. The van der Waals surface area contributed by atoms with Gasteiger partial charge in [-0.2, -0.15) is 0 Å². The van der Waals surface area contributed by atoms with Crippen LogP contribution in [0.5, 0.6) is 0 Å². The van der Waals surface area contributed by atoms with Crippen LogP contribution >= 0.6 is 11.3 Å². The highest BCUT2D eigenvalue weighted by Gasteiger charge is 2.22. The molecule has 3 rings (SSSR count). The van der Waals surface area contributed by atoms with Crippen LogP contribution in [0.4, 0.5) is 20.7 Å². The number of rotatable bonds is 3. The predicted molar refractivity (Wildman–Crippen MR) is 94.4 cm³/mol. The molecule has 1 aromatic heterocycles. The fourth-order valence-corrected chi connectivity index (χ4v) is 3.53. The molecule has 7 heteroatoms. The van der Waals surface area contributed by atoms with E-state index in [-0.39, 0.29) is 6.03 Å². The standard InChI is InChI=1S/C16H21N5OS/c1-11-6-8-13(9-7-11)17-14(22)18-15-19-20-16(23-15)21-10-4-3-5-12(21)2/h6-9,12H,3-5,10H2,1-2H3,(H2,17,18,19,22)/t12-/m1/s1. The number of hydrogen-bond donors (Lipinski definition) is 2. The molecule has 2 N–H and O–H groups in total. The predicted octanol–water partition coefficient (Wildman–Crippen LogP) is 3.87. The SMILES string of the molecule is Cc1ccc(NC(=O)Nc2nnc(N3CCCC[C@H]3C)s2)cc1. The number of amides is 2. The second kappa shape index (κ2) is 6.95. The molecular formula is C16H21N5OS. The first-order valence-corrected chi connectivity index (χ1v) is 8.68. The molecule has 0 saturated carbocycles. The van der Waals surface area contributed by atoms with Gasteiger partial charge in [0.05, 0.1) is 0 Å². The molecule has 1 aliphatic heterocycles. The van der Waals surface area contributed by atoms with Crippen LogP contribution in [-0.2, 0) is 0 Å². The summed E-state index contributed by atoms with van der Waals surface area (Å²) in [6.45, 7) is 5.22. The van der Waals surface area contributed by atoms with Crippen LogP contribution in [-0.4, -0.2) is 28.8 Å². The number of anilines is 3. The number of aromatic nitrogens is 2. The fourth-order valence-electron chi connectivity index (χ4n) is 2.66. The van der Waals surface area contributed by atoms with Crippen molar-refractivity contribution < 1.29 is 4.79 Å². The van der Waals surface area contributed by atoms with E-state index in [1.54, 1.807) is 0 Å². The van der Waals surface area contributed by atoms with E-state index in [0.29, 0.717) is 11.2 Å². The number of urea groups is 1. The van der Waals surface area contributed by atoms with Gasteiger partial charge in [-0.3, -0.25) is 5.32 Å². The average Bonchev–Trinajstić information content (AvgIpc) is 2.98. The molecule has 2 amide bonds. The largest absolute Gasteiger partial charge is 0.344 e. The monoisotopic (exact) mass is 331 g/mol. The first kappa shape index (κ1) is 15.7. The van der Waals surface area contributed by atoms with Crippen molar-refractivity contribution in [3.05, 3.63) is 29.8 Å². The minimum absolute atomic E-state index is 0.303. The van der Waals surface area contributed by atoms with E-state index < -0.39 is 0 Å². The van der Waals surface area contributed by atoms with Gasteiger partial charge in [-0.25, -0.2) is 4.79 Å². The topological polar surface area (TPSA) is 70.1 Å². The first-order valence-electron chi connectivity index (χ1n) is 7.86. The Morgan fingerprint density at radius 3 is 2.74 bits per heavy atom. The molecule has 6 nitrogen and oxygen atoms in total. The number of benzene rings is 1. The van der Waals surface area contributed by atoms with Gasteiger partial charge in [-0.15, -0.1) is 10.2 Å². The lowest BCUT2D eigenvalue weighted by atomic mass is 10.1. The summed E-state index contributed by atoms with van der Waals surface area (Å²) >= 11 is 1.42. The summed E-state index contributed by atoms with van der Waals surface area (Å²) in [5, 5.41) is 15.2. The number of piperidine rings is 1. The number of carbonyl (C=O) groups excluding carboxylic acids is 1. The average molecular weight is 331 g/mol. The van der Waals surface area contributed by atoms with Crippen molar-refractivity contribution in [2.24, 2.45) is 0 Å². The Labute approximate surface area is 139 Å². The van der Waals surface area contributed by atoms with Crippen molar-refractivity contribution in [2.45, 2.75) is 39.2 Å². The molecule has 0 bridgehead atoms. The van der Waals surface area contributed by atoms with E-state index in [2.05, 4.69) is 32.7 Å². The van der Waals surface area contributed by atoms with E-state index >= 15 is 0 Å². The van der Waals surface area contributed by atoms with Gasteiger partial charge >= 0.3 is 6.03 Å². The number of carbonyl (C=O) groups is 1. The number of nitrogens with zero attached hydrogens (tertiary/aromatic N) is 3. The lowest BCUT2D eigenvalue weighted by Gasteiger charge is -2.32. The van der Waals surface area contributed by atoms with Gasteiger partial charge in [0.15, 0.2) is 0 Å². The quantitative estimate of drug-likeness (QED) is 0.896. The summed E-state index contributed by atoms with van der Waals surface area (Å²) in [5.74, 6) is 0. The van der Waals surface area contributed by atoms with Crippen molar-refractivity contribution in [1.82, 2.24) is 10.2 Å². The zero-order chi connectivity index (χ0) is 16.2. The third kappa shape index (κ3) is 3.98. The van der Waals surface area contributed by atoms with Crippen LogP contribution in [0.15, 0.2) is 24.3 Å². The molecule has 1 atom stereocenters. The Balaban J connectivity index is 1.60. The van der Waals surface area contributed by atoms with E-state index in [4.69, 9.17) is 0 Å². The van der Waals surface area contributed by atoms with Gasteiger partial charge in [0, 0.05) is 18.3 Å². The summed E-state index contributed by atoms with van der Waals surface area (Å²) in [7, 11) is 0.